The van der Waals surface area contributed by atoms with Crippen LogP contribution in [0.3, 0.4) is 0 Å². The molecule has 5 N–H and O–H groups in total. The Hall–Kier alpha value is -3.69. The van der Waals surface area contributed by atoms with Gasteiger partial charge < -0.3 is 40.0 Å². The van der Waals surface area contributed by atoms with Gasteiger partial charge in [-0.2, -0.15) is 0 Å². The van der Waals surface area contributed by atoms with Crippen LogP contribution in [0.25, 0.3) is 0 Å². The molecule has 1 aromatic heterocycles. The molecular formula is C38H52N4O9. The predicted octanol–water partition coefficient (Wildman–Crippen LogP) is 1.85. The van der Waals surface area contributed by atoms with Crippen molar-refractivity contribution in [3.8, 4) is 5.88 Å². The predicted molar refractivity (Wildman–Crippen MR) is 191 cm³/mol. The van der Waals surface area contributed by atoms with Crippen LogP contribution in [0.2, 0.25) is 0 Å². The summed E-state index contributed by atoms with van der Waals surface area (Å²) in [5.41, 5.74) is 0.122. The summed E-state index contributed by atoms with van der Waals surface area (Å²) in [4.78, 5) is 31.2. The van der Waals surface area contributed by atoms with Crippen molar-refractivity contribution >= 4 is 5.71 Å². The average Bonchev–Trinajstić information content (AvgIpc) is 3.15. The van der Waals surface area contributed by atoms with Crippen molar-refractivity contribution in [1.29, 1.82) is 0 Å². The molecule has 2 heterocycles. The molecule has 2 aliphatic rings. The van der Waals surface area contributed by atoms with Crippen LogP contribution in [-0.2, 0) is 41.5 Å². The van der Waals surface area contributed by atoms with Crippen LogP contribution >= 0.6 is 0 Å². The maximum absolute atomic E-state index is 13.7. The smallest absolute Gasteiger partial charge is 0.333 e. The summed E-state index contributed by atoms with van der Waals surface area (Å²) in [6, 6.07) is 17.7. The van der Waals surface area contributed by atoms with E-state index in [-0.39, 0.29) is 42.5 Å². The van der Waals surface area contributed by atoms with Crippen molar-refractivity contribution < 1.29 is 34.6 Å². The minimum absolute atomic E-state index is 0.0265. The van der Waals surface area contributed by atoms with Gasteiger partial charge in [-0.05, 0) is 35.3 Å². The summed E-state index contributed by atoms with van der Waals surface area (Å²) >= 11 is 0. The first-order valence-corrected chi connectivity index (χ1v) is 17.7. The van der Waals surface area contributed by atoms with Gasteiger partial charge in [0, 0.05) is 26.7 Å². The van der Waals surface area contributed by atoms with Gasteiger partial charge in [-0.3, -0.25) is 18.9 Å². The Morgan fingerprint density at radius 1 is 0.922 bits per heavy atom. The molecule has 0 amide bonds. The standard InChI is InChI=1S/C38H52N4O9/c1-6-26-17-28(49-20-24-13-9-7-10-14-24)31(23(3)22(26)2)39-18-27(30-35(46)41(4)38(48)42(5)36(30)47)40-32-34(45)33(44)29(19-43)51-37(32)50-21-25-15-11-8-12-16-25/h7-16,22-23,26,28-29,31-34,37,39,43-46H,6,17-21H2,1-5H3. The van der Waals surface area contributed by atoms with E-state index < -0.39 is 54.4 Å². The van der Waals surface area contributed by atoms with E-state index in [9.17, 15) is 30.0 Å². The molecule has 1 saturated heterocycles. The summed E-state index contributed by atoms with van der Waals surface area (Å²) in [5, 5.41) is 47.1. The first-order valence-electron chi connectivity index (χ1n) is 17.7. The maximum atomic E-state index is 13.7. The Balaban J connectivity index is 1.54. The molecule has 1 aliphatic heterocycles. The zero-order valence-corrected chi connectivity index (χ0v) is 30.0. The highest BCUT2D eigenvalue weighted by atomic mass is 16.7. The molecule has 51 heavy (non-hydrogen) atoms. The second kappa shape index (κ2) is 17.2. The van der Waals surface area contributed by atoms with E-state index >= 15 is 0 Å². The Morgan fingerprint density at radius 3 is 2.12 bits per heavy atom. The molecule has 10 unspecified atom stereocenters. The lowest BCUT2D eigenvalue weighted by atomic mass is 9.68. The van der Waals surface area contributed by atoms with E-state index in [0.29, 0.717) is 18.4 Å². The molecule has 10 atom stereocenters. The van der Waals surface area contributed by atoms with Gasteiger partial charge in [0.2, 0.25) is 5.88 Å². The quantitative estimate of drug-likeness (QED) is 0.165. The molecule has 5 rings (SSSR count). The van der Waals surface area contributed by atoms with Gasteiger partial charge in [-0.15, -0.1) is 0 Å². The van der Waals surface area contributed by atoms with Crippen LogP contribution in [0, 0.1) is 17.8 Å². The van der Waals surface area contributed by atoms with Crippen LogP contribution in [0.15, 0.2) is 75.2 Å². The number of hydrogen-bond acceptors (Lipinski definition) is 11. The lowest BCUT2D eigenvalue weighted by Crippen LogP contribution is -2.59. The third-order valence-electron chi connectivity index (χ3n) is 10.7. The molecule has 3 aromatic rings. The zero-order chi connectivity index (χ0) is 36.8. The second-order valence-electron chi connectivity index (χ2n) is 13.8. The summed E-state index contributed by atoms with van der Waals surface area (Å²) in [7, 11) is 2.65. The number of rotatable bonds is 13. The molecule has 0 bridgehead atoms. The number of aromatic nitrogens is 2. The molecule has 278 valence electrons. The van der Waals surface area contributed by atoms with Gasteiger partial charge in [0.25, 0.3) is 5.56 Å². The highest BCUT2D eigenvalue weighted by Crippen LogP contribution is 2.38. The third-order valence-corrected chi connectivity index (χ3v) is 10.7. The zero-order valence-electron chi connectivity index (χ0n) is 30.0. The molecule has 0 radical (unpaired) electrons. The van der Waals surface area contributed by atoms with Crippen molar-refractivity contribution in [3.05, 3.63) is 98.2 Å². The van der Waals surface area contributed by atoms with Gasteiger partial charge in [0.15, 0.2) is 6.29 Å². The lowest BCUT2D eigenvalue weighted by molar-refractivity contribution is -0.268. The van der Waals surface area contributed by atoms with Gasteiger partial charge in [0.05, 0.1) is 31.6 Å². The Labute approximate surface area is 298 Å². The number of hydrogen-bond donors (Lipinski definition) is 5. The van der Waals surface area contributed by atoms with Crippen molar-refractivity contribution in [2.24, 2.45) is 36.8 Å². The fraction of sp³-hybridized carbons (Fsp3) is 0.553. The molecule has 1 aliphatic carbocycles. The van der Waals surface area contributed by atoms with E-state index in [1.165, 1.54) is 14.1 Å². The summed E-state index contributed by atoms with van der Waals surface area (Å²) < 4.78 is 20.4. The van der Waals surface area contributed by atoms with E-state index in [2.05, 4.69) is 26.1 Å². The molecule has 2 aromatic carbocycles. The van der Waals surface area contributed by atoms with Gasteiger partial charge in [-0.1, -0.05) is 87.9 Å². The lowest BCUT2D eigenvalue weighted by Gasteiger charge is -2.45. The number of benzene rings is 2. The normalized spacial score (nSPS) is 30.0. The van der Waals surface area contributed by atoms with Crippen LogP contribution in [0.5, 0.6) is 5.88 Å². The van der Waals surface area contributed by atoms with Crippen molar-refractivity contribution in [2.45, 2.75) is 89.6 Å². The highest BCUT2D eigenvalue weighted by molar-refractivity contribution is 6.03. The first kappa shape index (κ1) is 38.5. The van der Waals surface area contributed by atoms with Gasteiger partial charge in [-0.25, -0.2) is 4.79 Å². The minimum Gasteiger partial charge on any atom is -0.494 e. The van der Waals surface area contributed by atoms with Crippen molar-refractivity contribution in [2.75, 3.05) is 13.2 Å². The van der Waals surface area contributed by atoms with E-state index in [0.717, 1.165) is 33.1 Å². The number of nitrogens with zero attached hydrogens (tertiary/aromatic N) is 3. The Morgan fingerprint density at radius 2 is 1.53 bits per heavy atom. The van der Waals surface area contributed by atoms with Crippen LogP contribution in [0.1, 0.15) is 50.3 Å². The number of aliphatic hydroxyl groups excluding tert-OH is 3. The fourth-order valence-corrected chi connectivity index (χ4v) is 7.33. The monoisotopic (exact) mass is 708 g/mol. The molecule has 13 heteroatoms. The second-order valence-corrected chi connectivity index (χ2v) is 13.8. The maximum Gasteiger partial charge on any atom is 0.333 e. The van der Waals surface area contributed by atoms with Crippen LogP contribution in [0.4, 0.5) is 0 Å². The summed E-state index contributed by atoms with van der Waals surface area (Å²) in [6.45, 7) is 6.41. The summed E-state index contributed by atoms with van der Waals surface area (Å²) in [6.07, 6.45) is -3.92. The molecule has 13 nitrogen and oxygen atoms in total. The summed E-state index contributed by atoms with van der Waals surface area (Å²) in [5.74, 6) is 0.321. The number of nitrogens with one attached hydrogen (secondary N) is 1. The number of aliphatic imine (C=N–C) groups is 1. The Bertz CT molecular complexity index is 1730. The molecule has 2 fully saturated rings. The van der Waals surface area contributed by atoms with E-state index in [1.54, 1.807) is 0 Å². The molecule has 1 saturated carbocycles. The number of aliphatic hydroxyl groups is 3. The van der Waals surface area contributed by atoms with Crippen LogP contribution < -0.4 is 16.6 Å². The molecule has 0 spiro atoms. The number of aromatic hydroxyl groups is 1. The van der Waals surface area contributed by atoms with E-state index in [1.807, 2.05) is 60.7 Å². The van der Waals surface area contributed by atoms with Gasteiger partial charge in [0.1, 0.15) is 29.9 Å². The minimum atomic E-state index is -1.58. The largest absolute Gasteiger partial charge is 0.494 e. The third kappa shape index (κ3) is 8.52. The Kier molecular flexibility index (Phi) is 13.0. The van der Waals surface area contributed by atoms with Gasteiger partial charge >= 0.3 is 5.69 Å². The average molecular weight is 709 g/mol. The fourth-order valence-electron chi connectivity index (χ4n) is 7.33. The van der Waals surface area contributed by atoms with E-state index in [4.69, 9.17) is 19.2 Å². The SMILES string of the molecule is CCC1CC(OCc2ccccc2)C(NCC(=NC2C(OCc3ccccc3)OC(CO)C(O)C2O)c2c(O)n(C)c(=O)n(C)c2=O)C(C)C1C. The van der Waals surface area contributed by atoms with Crippen molar-refractivity contribution in [1.82, 2.24) is 14.5 Å². The number of ether oxygens (including phenoxy) is 3. The van der Waals surface area contributed by atoms with Crippen molar-refractivity contribution in [3.63, 3.8) is 0 Å². The molecular weight excluding hydrogens is 656 g/mol. The van der Waals surface area contributed by atoms with Crippen LogP contribution in [-0.4, -0.2) is 91.2 Å². The first-order chi connectivity index (χ1) is 24.5. The highest BCUT2D eigenvalue weighted by Gasteiger charge is 2.46. The topological polar surface area (TPSA) is 177 Å².